The topological polar surface area (TPSA) is 80.0 Å². The third-order valence-corrected chi connectivity index (χ3v) is 4.50. The lowest BCUT2D eigenvalue weighted by molar-refractivity contribution is -0.124. The summed E-state index contributed by atoms with van der Waals surface area (Å²) < 4.78 is 1.60. The number of nitrogens with zero attached hydrogens (tertiary/aromatic N) is 3. The Morgan fingerprint density at radius 2 is 1.89 bits per heavy atom. The minimum Gasteiger partial charge on any atom is -0.396 e. The number of rotatable bonds is 8. The van der Waals surface area contributed by atoms with Gasteiger partial charge in [0.05, 0.1) is 6.20 Å². The highest BCUT2D eigenvalue weighted by Crippen LogP contribution is 2.21. The van der Waals surface area contributed by atoms with Gasteiger partial charge in [-0.1, -0.05) is 47.7 Å². The number of benzene rings is 2. The summed E-state index contributed by atoms with van der Waals surface area (Å²) in [6, 6.07) is 16.9. The molecule has 3 rings (SSSR count). The summed E-state index contributed by atoms with van der Waals surface area (Å²) in [5, 5.41) is 20.2. The van der Waals surface area contributed by atoms with Crippen LogP contribution in [-0.2, 0) is 11.2 Å². The van der Waals surface area contributed by atoms with E-state index in [1.165, 1.54) is 0 Å². The van der Waals surface area contributed by atoms with Crippen molar-refractivity contribution >= 4 is 18.5 Å². The van der Waals surface area contributed by atoms with Crippen LogP contribution in [0.5, 0.6) is 0 Å². The molecule has 1 atom stereocenters. The molecule has 1 amide bonds. The molecule has 0 fully saturated rings. The maximum atomic E-state index is 12.7. The Balaban J connectivity index is 1.83. The van der Waals surface area contributed by atoms with Gasteiger partial charge in [-0.3, -0.25) is 4.79 Å². The van der Waals surface area contributed by atoms with Crippen LogP contribution in [0.2, 0.25) is 0 Å². The summed E-state index contributed by atoms with van der Waals surface area (Å²) in [5.41, 5.74) is 2.65. The Morgan fingerprint density at radius 3 is 2.59 bits per heavy atom. The number of aliphatic hydroxyl groups is 1. The fourth-order valence-corrected chi connectivity index (χ4v) is 2.89. The van der Waals surface area contributed by atoms with E-state index in [1.54, 1.807) is 10.9 Å². The van der Waals surface area contributed by atoms with E-state index in [-0.39, 0.29) is 12.5 Å². The van der Waals surface area contributed by atoms with Crippen molar-refractivity contribution in [2.45, 2.75) is 23.8 Å². The summed E-state index contributed by atoms with van der Waals surface area (Å²) in [6.45, 7) is 0.462. The van der Waals surface area contributed by atoms with Crippen molar-refractivity contribution in [3.63, 3.8) is 0 Å². The third kappa shape index (κ3) is 5.18. The number of carbonyl (C=O) groups is 1. The quantitative estimate of drug-likeness (QED) is 0.413. The fraction of sp³-hybridized carbons (Fsp3) is 0.250. The molecular formula is C20H22N4O2S. The number of carbonyl (C=O) groups excluding carboxylic acids is 1. The molecule has 0 saturated carbocycles. The second-order valence-corrected chi connectivity index (χ2v) is 6.72. The number of nitrogens with one attached hydrogen (secondary N) is 1. The Bertz CT molecular complexity index is 865. The van der Waals surface area contributed by atoms with Crippen LogP contribution >= 0.6 is 12.6 Å². The van der Waals surface area contributed by atoms with Crippen molar-refractivity contribution in [1.29, 1.82) is 0 Å². The molecule has 7 heteroatoms. The molecule has 0 unspecified atom stereocenters. The zero-order chi connectivity index (χ0) is 19.1. The minimum absolute atomic E-state index is 0.0399. The Kier molecular flexibility index (Phi) is 6.62. The van der Waals surface area contributed by atoms with E-state index in [0.717, 1.165) is 16.0 Å². The van der Waals surface area contributed by atoms with Crippen LogP contribution in [-0.4, -0.2) is 39.2 Å². The zero-order valence-electron chi connectivity index (χ0n) is 14.8. The van der Waals surface area contributed by atoms with Gasteiger partial charge in [0.2, 0.25) is 5.91 Å². The Hall–Kier alpha value is -2.64. The summed E-state index contributed by atoms with van der Waals surface area (Å²) in [6.07, 6.45) is 2.80. The molecule has 6 nitrogen and oxygen atoms in total. The second kappa shape index (κ2) is 9.34. The van der Waals surface area contributed by atoms with Crippen LogP contribution in [0.3, 0.4) is 0 Å². The minimum atomic E-state index is -0.517. The molecule has 0 bridgehead atoms. The molecule has 0 aliphatic carbocycles. The molecule has 27 heavy (non-hydrogen) atoms. The normalized spacial score (nSPS) is 11.9. The van der Waals surface area contributed by atoms with Crippen molar-refractivity contribution < 1.29 is 9.90 Å². The van der Waals surface area contributed by atoms with Crippen LogP contribution in [0, 0.1) is 0 Å². The van der Waals surface area contributed by atoms with Gasteiger partial charge in [0, 0.05) is 30.0 Å². The first-order valence-corrected chi connectivity index (χ1v) is 9.26. The van der Waals surface area contributed by atoms with E-state index in [0.29, 0.717) is 25.1 Å². The van der Waals surface area contributed by atoms with E-state index < -0.39 is 6.04 Å². The van der Waals surface area contributed by atoms with Gasteiger partial charge < -0.3 is 10.4 Å². The summed E-state index contributed by atoms with van der Waals surface area (Å²) in [5.74, 6) is -0.144. The van der Waals surface area contributed by atoms with Gasteiger partial charge in [-0.2, -0.15) is 0 Å². The molecule has 140 valence electrons. The van der Waals surface area contributed by atoms with Gasteiger partial charge in [-0.25, -0.2) is 4.68 Å². The van der Waals surface area contributed by atoms with Gasteiger partial charge in [0.1, 0.15) is 11.7 Å². The van der Waals surface area contributed by atoms with Gasteiger partial charge in [-0.15, -0.1) is 17.7 Å². The highest BCUT2D eigenvalue weighted by Gasteiger charge is 2.22. The van der Waals surface area contributed by atoms with Crippen molar-refractivity contribution in [2.24, 2.45) is 0 Å². The maximum absolute atomic E-state index is 12.7. The van der Waals surface area contributed by atoms with Crippen LogP contribution < -0.4 is 5.32 Å². The van der Waals surface area contributed by atoms with E-state index in [9.17, 15) is 4.79 Å². The fourth-order valence-electron chi connectivity index (χ4n) is 2.75. The Morgan fingerprint density at radius 1 is 1.15 bits per heavy atom. The van der Waals surface area contributed by atoms with Crippen LogP contribution in [0.4, 0.5) is 0 Å². The molecule has 0 saturated heterocycles. The first kappa shape index (κ1) is 19.1. The smallest absolute Gasteiger partial charge is 0.245 e. The molecule has 0 aliphatic rings. The highest BCUT2D eigenvalue weighted by molar-refractivity contribution is 7.80. The van der Waals surface area contributed by atoms with Gasteiger partial charge >= 0.3 is 0 Å². The lowest BCUT2D eigenvalue weighted by atomic mass is 10.1. The lowest BCUT2D eigenvalue weighted by Crippen LogP contribution is -2.35. The summed E-state index contributed by atoms with van der Waals surface area (Å²) in [7, 11) is 0. The van der Waals surface area contributed by atoms with E-state index in [4.69, 9.17) is 5.11 Å². The Labute approximate surface area is 163 Å². The predicted octanol–water partition coefficient (Wildman–Crippen LogP) is 2.52. The van der Waals surface area contributed by atoms with E-state index in [1.807, 2.05) is 54.6 Å². The van der Waals surface area contributed by atoms with Gasteiger partial charge in [0.15, 0.2) is 0 Å². The number of hydrogen-bond donors (Lipinski definition) is 3. The molecular weight excluding hydrogens is 360 g/mol. The zero-order valence-corrected chi connectivity index (χ0v) is 15.7. The van der Waals surface area contributed by atoms with Crippen LogP contribution in [0.1, 0.15) is 18.0 Å². The van der Waals surface area contributed by atoms with E-state index >= 15 is 0 Å². The summed E-state index contributed by atoms with van der Waals surface area (Å²) in [4.78, 5) is 13.6. The number of amides is 1. The maximum Gasteiger partial charge on any atom is 0.245 e. The predicted molar refractivity (Wildman–Crippen MR) is 107 cm³/mol. The van der Waals surface area contributed by atoms with E-state index in [2.05, 4.69) is 28.3 Å². The SMILES string of the molecule is O=C(NCCCO)[C@H](Cc1ccccc1)n1cc(-c2ccc(S)cc2)nn1. The monoisotopic (exact) mass is 382 g/mol. The van der Waals surface area contributed by atoms with Crippen molar-refractivity contribution in [2.75, 3.05) is 13.2 Å². The van der Waals surface area contributed by atoms with Crippen molar-refractivity contribution in [1.82, 2.24) is 20.3 Å². The van der Waals surface area contributed by atoms with Crippen molar-refractivity contribution in [3.8, 4) is 11.3 Å². The van der Waals surface area contributed by atoms with Crippen LogP contribution in [0.15, 0.2) is 65.7 Å². The molecule has 1 heterocycles. The van der Waals surface area contributed by atoms with Gasteiger partial charge in [0.25, 0.3) is 0 Å². The molecule has 3 aromatic rings. The third-order valence-electron chi connectivity index (χ3n) is 4.20. The number of hydrogen-bond acceptors (Lipinski definition) is 5. The molecule has 1 aromatic heterocycles. The molecule has 2 aromatic carbocycles. The van der Waals surface area contributed by atoms with Gasteiger partial charge in [-0.05, 0) is 24.1 Å². The molecule has 0 spiro atoms. The number of thiol groups is 1. The highest BCUT2D eigenvalue weighted by atomic mass is 32.1. The standard InChI is InChI=1S/C20H22N4O2S/c25-12-4-11-21-20(26)19(13-15-5-2-1-3-6-15)24-14-18(22-23-24)16-7-9-17(27)10-8-16/h1-3,5-10,14,19,25,27H,4,11-13H2,(H,21,26)/t19-/m0/s1. The van der Waals surface area contributed by atoms with Crippen molar-refractivity contribution in [3.05, 3.63) is 66.4 Å². The van der Waals surface area contributed by atoms with Crippen LogP contribution in [0.25, 0.3) is 11.3 Å². The average molecular weight is 382 g/mol. The lowest BCUT2D eigenvalue weighted by Gasteiger charge is -2.17. The first-order valence-electron chi connectivity index (χ1n) is 8.81. The molecule has 2 N–H and O–H groups in total. The number of aliphatic hydroxyl groups excluding tert-OH is 1. The average Bonchev–Trinajstić information content (AvgIpc) is 3.17. The molecule has 0 aliphatic heterocycles. The first-order chi connectivity index (χ1) is 13.2. The second-order valence-electron chi connectivity index (χ2n) is 6.20. The number of aromatic nitrogens is 3. The molecule has 0 radical (unpaired) electrons. The summed E-state index contributed by atoms with van der Waals surface area (Å²) >= 11 is 4.29. The largest absolute Gasteiger partial charge is 0.396 e.